The zero-order valence-electron chi connectivity index (χ0n) is 12.1. The van der Waals surface area contributed by atoms with Gasteiger partial charge in [0, 0.05) is 14.0 Å². The third-order valence-electron chi connectivity index (χ3n) is 2.73. The fraction of sp³-hybridized carbons (Fsp3) is 0.286. The molecule has 0 aliphatic carbocycles. The van der Waals surface area contributed by atoms with Crippen molar-refractivity contribution in [2.24, 2.45) is 0 Å². The number of hydrogen-bond donors (Lipinski definition) is 1. The highest BCUT2D eigenvalue weighted by atomic mass is 32.2. The number of anilines is 1. The van der Waals surface area contributed by atoms with E-state index in [9.17, 15) is 9.35 Å². The highest BCUT2D eigenvalue weighted by Crippen LogP contribution is 2.29. The molecule has 1 unspecified atom stereocenters. The number of nitrogens with zero attached hydrogens (tertiary/aromatic N) is 2. The van der Waals surface area contributed by atoms with Crippen LogP contribution in [0.5, 0.6) is 0 Å². The largest absolute Gasteiger partial charge is 0.592 e. The molecule has 5 nitrogen and oxygen atoms in total. The Kier molecular flexibility index (Phi) is 5.35. The van der Waals surface area contributed by atoms with E-state index < -0.39 is 11.4 Å². The molecule has 0 aliphatic heterocycles. The number of thiazole rings is 1. The van der Waals surface area contributed by atoms with Crippen molar-refractivity contribution in [1.82, 2.24) is 9.29 Å². The number of amides is 1. The topological polar surface area (TPSA) is 68.3 Å². The third kappa shape index (κ3) is 4.28. The van der Waals surface area contributed by atoms with E-state index in [0.29, 0.717) is 21.6 Å². The summed E-state index contributed by atoms with van der Waals surface area (Å²) in [5.74, 6) is -0.182. The van der Waals surface area contributed by atoms with Gasteiger partial charge in [-0.15, -0.1) is 4.31 Å². The van der Waals surface area contributed by atoms with Crippen LogP contribution in [0.1, 0.15) is 18.2 Å². The first kappa shape index (κ1) is 16.0. The average Bonchev–Trinajstić information content (AvgIpc) is 2.78. The molecule has 0 bridgehead atoms. The minimum atomic E-state index is -1.30. The van der Waals surface area contributed by atoms with Gasteiger partial charge in [-0.25, -0.2) is 4.98 Å². The lowest BCUT2D eigenvalue weighted by molar-refractivity contribution is -0.114. The summed E-state index contributed by atoms with van der Waals surface area (Å²) in [6.07, 6.45) is 0. The summed E-state index contributed by atoms with van der Waals surface area (Å²) in [6, 6.07) is 9.86. The summed E-state index contributed by atoms with van der Waals surface area (Å²) in [6.45, 7) is 3.81. The Morgan fingerprint density at radius 1 is 1.43 bits per heavy atom. The van der Waals surface area contributed by atoms with E-state index in [1.54, 1.807) is 18.3 Å². The Labute approximate surface area is 131 Å². The van der Waals surface area contributed by atoms with E-state index in [2.05, 4.69) is 10.3 Å². The van der Waals surface area contributed by atoms with E-state index in [4.69, 9.17) is 0 Å². The van der Waals surface area contributed by atoms with E-state index in [0.717, 1.165) is 5.56 Å². The second kappa shape index (κ2) is 7.04. The van der Waals surface area contributed by atoms with Gasteiger partial charge in [-0.05, 0) is 23.8 Å². The van der Waals surface area contributed by atoms with Crippen molar-refractivity contribution in [2.45, 2.75) is 24.6 Å². The number of aromatic nitrogens is 1. The van der Waals surface area contributed by atoms with Crippen LogP contribution in [0.25, 0.3) is 0 Å². The van der Waals surface area contributed by atoms with Gasteiger partial charge >= 0.3 is 0 Å². The summed E-state index contributed by atoms with van der Waals surface area (Å²) < 4.78 is 15.0. The lowest BCUT2D eigenvalue weighted by Crippen LogP contribution is -2.26. The summed E-state index contributed by atoms with van der Waals surface area (Å²) >= 11 is -0.0462. The van der Waals surface area contributed by atoms with Crippen molar-refractivity contribution in [3.63, 3.8) is 0 Å². The lowest BCUT2D eigenvalue weighted by Gasteiger charge is -2.18. The number of aryl methyl sites for hydroxylation is 1. The molecule has 0 saturated heterocycles. The number of benzene rings is 1. The number of carbonyl (C=O) groups excluding carboxylic acids is 1. The van der Waals surface area contributed by atoms with Crippen molar-refractivity contribution in [3.05, 3.63) is 41.6 Å². The molecule has 1 aromatic heterocycles. The SMILES string of the molecule is CC(=O)Nc1nc(C)c([S+]([O-])N(C)Cc2ccccc2)s1. The monoisotopic (exact) mass is 323 g/mol. The molecule has 1 atom stereocenters. The molecule has 2 aromatic rings. The predicted molar refractivity (Wildman–Crippen MR) is 85.5 cm³/mol. The van der Waals surface area contributed by atoms with Gasteiger partial charge in [0.2, 0.25) is 5.91 Å². The number of nitrogens with one attached hydrogen (secondary N) is 1. The summed E-state index contributed by atoms with van der Waals surface area (Å²) in [7, 11) is 1.81. The second-order valence-corrected chi connectivity index (χ2v) is 7.38. The maximum Gasteiger partial charge on any atom is 0.252 e. The summed E-state index contributed by atoms with van der Waals surface area (Å²) in [4.78, 5) is 15.3. The third-order valence-corrected chi connectivity index (χ3v) is 5.58. The Morgan fingerprint density at radius 3 is 2.71 bits per heavy atom. The van der Waals surface area contributed by atoms with Crippen molar-refractivity contribution in [1.29, 1.82) is 0 Å². The molecule has 1 aromatic carbocycles. The van der Waals surface area contributed by atoms with Gasteiger partial charge in [-0.2, -0.15) is 0 Å². The normalized spacial score (nSPS) is 12.4. The average molecular weight is 323 g/mol. The Morgan fingerprint density at radius 2 is 2.10 bits per heavy atom. The van der Waals surface area contributed by atoms with Crippen LogP contribution < -0.4 is 5.32 Å². The van der Waals surface area contributed by atoms with E-state index in [1.807, 2.05) is 30.3 Å². The minimum absolute atomic E-state index is 0.182. The highest BCUT2D eigenvalue weighted by molar-refractivity contribution is 7.91. The molecule has 1 amide bonds. The molecule has 21 heavy (non-hydrogen) atoms. The molecule has 0 aliphatic rings. The highest BCUT2D eigenvalue weighted by Gasteiger charge is 2.25. The van der Waals surface area contributed by atoms with Gasteiger partial charge in [-0.1, -0.05) is 30.3 Å². The first-order valence-electron chi connectivity index (χ1n) is 6.39. The van der Waals surface area contributed by atoms with Gasteiger partial charge in [0.15, 0.2) is 5.13 Å². The maximum atomic E-state index is 12.6. The molecule has 7 heteroatoms. The Bertz CT molecular complexity index is 616. The zero-order chi connectivity index (χ0) is 15.4. The molecule has 0 radical (unpaired) electrons. The lowest BCUT2D eigenvalue weighted by atomic mass is 10.2. The van der Waals surface area contributed by atoms with Crippen LogP contribution >= 0.6 is 11.3 Å². The number of carbonyl (C=O) groups is 1. The van der Waals surface area contributed by atoms with Crippen molar-refractivity contribution >= 4 is 33.7 Å². The van der Waals surface area contributed by atoms with Gasteiger partial charge in [0.1, 0.15) is 5.69 Å². The quantitative estimate of drug-likeness (QED) is 0.859. The van der Waals surface area contributed by atoms with Gasteiger partial charge in [0.05, 0.1) is 17.9 Å². The fourth-order valence-corrected chi connectivity index (χ4v) is 4.29. The van der Waals surface area contributed by atoms with Gasteiger partial charge in [-0.3, -0.25) is 4.79 Å². The predicted octanol–water partition coefficient (Wildman–Crippen LogP) is 2.56. The zero-order valence-corrected chi connectivity index (χ0v) is 13.8. The molecule has 0 fully saturated rings. The van der Waals surface area contributed by atoms with Crippen LogP contribution in [0, 0.1) is 6.92 Å². The molecule has 0 saturated carbocycles. The molecule has 0 spiro atoms. The standard InChI is InChI=1S/C14H17N3O2S2/c1-10-13(20-14(15-10)16-11(2)18)21(19)17(3)9-12-7-5-4-6-8-12/h4-8H,9H2,1-3H3,(H,15,16,18). The first-order valence-corrected chi connectivity index (χ1v) is 8.31. The molecular formula is C14H17N3O2S2. The van der Waals surface area contributed by atoms with E-state index in [-0.39, 0.29) is 5.91 Å². The smallest absolute Gasteiger partial charge is 0.252 e. The van der Waals surface area contributed by atoms with E-state index >= 15 is 0 Å². The van der Waals surface area contributed by atoms with Crippen LogP contribution in [0.3, 0.4) is 0 Å². The maximum absolute atomic E-state index is 12.6. The van der Waals surface area contributed by atoms with Crippen molar-refractivity contribution in [3.8, 4) is 0 Å². The number of rotatable bonds is 5. The van der Waals surface area contributed by atoms with Crippen LogP contribution in [-0.2, 0) is 22.7 Å². The fourth-order valence-electron chi connectivity index (χ4n) is 1.79. The molecule has 1 heterocycles. The molecule has 112 valence electrons. The molecule has 1 N–H and O–H groups in total. The van der Waals surface area contributed by atoms with Crippen LogP contribution in [-0.4, -0.2) is 26.8 Å². The van der Waals surface area contributed by atoms with Crippen LogP contribution in [0.4, 0.5) is 5.13 Å². The summed E-state index contributed by atoms with van der Waals surface area (Å²) in [5.41, 5.74) is 1.78. The minimum Gasteiger partial charge on any atom is -0.592 e. The van der Waals surface area contributed by atoms with Crippen molar-refractivity contribution < 1.29 is 9.35 Å². The van der Waals surface area contributed by atoms with Crippen molar-refractivity contribution in [2.75, 3.05) is 12.4 Å². The van der Waals surface area contributed by atoms with Crippen LogP contribution in [0.2, 0.25) is 0 Å². The van der Waals surface area contributed by atoms with Crippen LogP contribution in [0.15, 0.2) is 34.5 Å². The summed E-state index contributed by atoms with van der Waals surface area (Å²) in [5, 5.41) is 3.11. The van der Waals surface area contributed by atoms with Gasteiger partial charge in [0.25, 0.3) is 4.21 Å². The Hall–Kier alpha value is -1.41. The Balaban J connectivity index is 2.10. The van der Waals surface area contributed by atoms with E-state index in [1.165, 1.54) is 18.3 Å². The second-order valence-electron chi connectivity index (χ2n) is 4.59. The first-order chi connectivity index (χ1) is 9.97. The molecule has 2 rings (SSSR count). The van der Waals surface area contributed by atoms with Gasteiger partial charge < -0.3 is 9.87 Å². The number of hydrogen-bond acceptors (Lipinski definition) is 5. The molecular weight excluding hydrogens is 306 g/mol.